The molecule has 2 N–H and O–H groups in total. The van der Waals surface area contributed by atoms with E-state index in [4.69, 9.17) is 5.73 Å². The molecule has 4 heteroatoms. The molecule has 1 heterocycles. The normalized spacial score (nSPS) is 14.1. The van der Waals surface area contributed by atoms with Crippen molar-refractivity contribution in [3.63, 3.8) is 0 Å². The summed E-state index contributed by atoms with van der Waals surface area (Å²) < 4.78 is 1.96. The molecule has 1 aromatic rings. The lowest BCUT2D eigenvalue weighted by molar-refractivity contribution is 0.334. The molecule has 1 aromatic heterocycles. The number of hydrogen-bond acceptors (Lipinski definition) is 3. The maximum Gasteiger partial charge on any atom is 0.138 e. The zero-order valence-corrected chi connectivity index (χ0v) is 10.9. The highest BCUT2D eigenvalue weighted by molar-refractivity contribution is 4.90. The largest absolute Gasteiger partial charge is 0.327 e. The molecule has 0 aliphatic rings. The molecular weight excluding hydrogens is 200 g/mol. The van der Waals surface area contributed by atoms with E-state index in [2.05, 4.69) is 37.8 Å². The fourth-order valence-corrected chi connectivity index (χ4v) is 1.94. The monoisotopic (exact) mass is 224 g/mol. The Morgan fingerprint density at radius 2 is 2.12 bits per heavy atom. The second-order valence-corrected chi connectivity index (χ2v) is 5.63. The maximum atomic E-state index is 6.13. The van der Waals surface area contributed by atoms with E-state index in [0.717, 1.165) is 31.6 Å². The fourth-order valence-electron chi connectivity index (χ4n) is 1.94. The lowest BCUT2D eigenvalue weighted by atomic mass is 9.87. The summed E-state index contributed by atoms with van der Waals surface area (Å²) in [6.45, 7) is 9.70. The summed E-state index contributed by atoms with van der Waals surface area (Å²) in [6.07, 6.45) is 4.52. The van der Waals surface area contributed by atoms with Gasteiger partial charge in [0, 0.05) is 19.0 Å². The predicted molar refractivity (Wildman–Crippen MR) is 66.1 cm³/mol. The van der Waals surface area contributed by atoms with Crippen LogP contribution < -0.4 is 5.73 Å². The highest BCUT2D eigenvalue weighted by Gasteiger charge is 2.17. The number of aromatic nitrogens is 3. The third-order valence-electron chi connectivity index (χ3n) is 2.45. The second-order valence-electron chi connectivity index (χ2n) is 5.63. The van der Waals surface area contributed by atoms with Gasteiger partial charge in [-0.1, -0.05) is 27.7 Å². The minimum Gasteiger partial charge on any atom is -0.327 e. The van der Waals surface area contributed by atoms with Crippen molar-refractivity contribution in [2.75, 3.05) is 0 Å². The Kier molecular flexibility index (Phi) is 4.47. The molecule has 1 unspecified atom stereocenters. The zero-order chi connectivity index (χ0) is 12.2. The summed E-state index contributed by atoms with van der Waals surface area (Å²) >= 11 is 0. The van der Waals surface area contributed by atoms with E-state index in [1.54, 1.807) is 6.33 Å². The molecule has 0 aromatic carbocycles. The van der Waals surface area contributed by atoms with Crippen LogP contribution in [0.2, 0.25) is 0 Å². The molecule has 0 radical (unpaired) electrons. The fraction of sp³-hybridized carbons (Fsp3) is 0.833. The van der Waals surface area contributed by atoms with Crippen LogP contribution in [-0.4, -0.2) is 20.8 Å². The van der Waals surface area contributed by atoms with E-state index >= 15 is 0 Å². The van der Waals surface area contributed by atoms with Crippen LogP contribution in [0.5, 0.6) is 0 Å². The average molecular weight is 224 g/mol. The van der Waals surface area contributed by atoms with Crippen LogP contribution in [-0.2, 0) is 13.0 Å². The number of aryl methyl sites for hydroxylation is 1. The van der Waals surface area contributed by atoms with E-state index in [-0.39, 0.29) is 11.5 Å². The van der Waals surface area contributed by atoms with E-state index in [1.807, 2.05) is 4.68 Å². The minimum absolute atomic E-state index is 0.166. The van der Waals surface area contributed by atoms with Crippen molar-refractivity contribution in [2.24, 2.45) is 11.1 Å². The third-order valence-corrected chi connectivity index (χ3v) is 2.45. The molecule has 4 nitrogen and oxygen atoms in total. The first-order valence-corrected chi connectivity index (χ1v) is 6.04. The van der Waals surface area contributed by atoms with Crippen LogP contribution in [0.4, 0.5) is 0 Å². The van der Waals surface area contributed by atoms with Gasteiger partial charge in [0.2, 0.25) is 0 Å². The van der Waals surface area contributed by atoms with E-state index < -0.39 is 0 Å². The number of nitrogens with two attached hydrogens (primary N) is 1. The van der Waals surface area contributed by atoms with E-state index in [1.165, 1.54) is 0 Å². The van der Waals surface area contributed by atoms with Gasteiger partial charge in [0.1, 0.15) is 12.2 Å². The Bertz CT molecular complexity index is 311. The van der Waals surface area contributed by atoms with Crippen molar-refractivity contribution in [2.45, 2.75) is 59.5 Å². The first kappa shape index (κ1) is 13.2. The molecule has 0 aliphatic carbocycles. The quantitative estimate of drug-likeness (QED) is 0.832. The van der Waals surface area contributed by atoms with Crippen molar-refractivity contribution in [1.82, 2.24) is 14.8 Å². The van der Waals surface area contributed by atoms with Crippen LogP contribution >= 0.6 is 0 Å². The predicted octanol–water partition coefficient (Wildman–Crippen LogP) is 1.99. The molecule has 1 atom stereocenters. The van der Waals surface area contributed by atoms with Gasteiger partial charge < -0.3 is 5.73 Å². The highest BCUT2D eigenvalue weighted by Crippen LogP contribution is 2.21. The molecule has 16 heavy (non-hydrogen) atoms. The topological polar surface area (TPSA) is 56.7 Å². The Hall–Kier alpha value is -0.900. The summed E-state index contributed by atoms with van der Waals surface area (Å²) in [5.74, 6) is 1.01. The van der Waals surface area contributed by atoms with Gasteiger partial charge in [0.05, 0.1) is 0 Å². The van der Waals surface area contributed by atoms with Gasteiger partial charge in [0.25, 0.3) is 0 Å². The number of nitrogens with zero attached hydrogens (tertiary/aromatic N) is 3. The Balaban J connectivity index is 2.55. The number of hydrogen-bond donors (Lipinski definition) is 1. The highest BCUT2D eigenvalue weighted by atomic mass is 15.3. The average Bonchev–Trinajstić information content (AvgIpc) is 2.50. The van der Waals surface area contributed by atoms with Gasteiger partial charge >= 0.3 is 0 Å². The lowest BCUT2D eigenvalue weighted by Gasteiger charge is -2.22. The molecule has 0 amide bonds. The molecule has 0 bridgehead atoms. The second kappa shape index (κ2) is 5.43. The number of rotatable bonds is 5. The molecule has 0 aliphatic heterocycles. The molecule has 0 fully saturated rings. The van der Waals surface area contributed by atoms with Crippen LogP contribution in [0.3, 0.4) is 0 Å². The first-order chi connectivity index (χ1) is 7.42. The van der Waals surface area contributed by atoms with Crippen LogP contribution in [0, 0.1) is 5.41 Å². The van der Waals surface area contributed by atoms with Gasteiger partial charge in [-0.25, -0.2) is 4.98 Å². The van der Waals surface area contributed by atoms with Crippen LogP contribution in [0.15, 0.2) is 6.33 Å². The van der Waals surface area contributed by atoms with E-state index in [9.17, 15) is 0 Å². The Morgan fingerprint density at radius 3 is 2.69 bits per heavy atom. The van der Waals surface area contributed by atoms with Gasteiger partial charge in [-0.2, -0.15) is 5.10 Å². The van der Waals surface area contributed by atoms with Gasteiger partial charge in [0.15, 0.2) is 0 Å². The molecule has 0 spiro atoms. The van der Waals surface area contributed by atoms with Crippen molar-refractivity contribution in [1.29, 1.82) is 0 Å². The van der Waals surface area contributed by atoms with Gasteiger partial charge in [-0.3, -0.25) is 4.68 Å². The van der Waals surface area contributed by atoms with Crippen LogP contribution in [0.25, 0.3) is 0 Å². The molecule has 92 valence electrons. The molecular formula is C12H24N4. The Labute approximate surface area is 98.2 Å². The van der Waals surface area contributed by atoms with Crippen molar-refractivity contribution < 1.29 is 0 Å². The third kappa shape index (κ3) is 4.31. The van der Waals surface area contributed by atoms with E-state index in [0.29, 0.717) is 0 Å². The van der Waals surface area contributed by atoms with Crippen molar-refractivity contribution in [3.05, 3.63) is 12.2 Å². The summed E-state index contributed by atoms with van der Waals surface area (Å²) in [7, 11) is 0. The summed E-state index contributed by atoms with van der Waals surface area (Å²) in [4.78, 5) is 4.28. The molecule has 1 rings (SSSR count). The minimum atomic E-state index is 0.166. The van der Waals surface area contributed by atoms with Gasteiger partial charge in [-0.15, -0.1) is 0 Å². The zero-order valence-electron chi connectivity index (χ0n) is 10.9. The van der Waals surface area contributed by atoms with Crippen molar-refractivity contribution >= 4 is 0 Å². The first-order valence-electron chi connectivity index (χ1n) is 6.04. The summed E-state index contributed by atoms with van der Waals surface area (Å²) in [5.41, 5.74) is 6.41. The Morgan fingerprint density at radius 1 is 1.44 bits per heavy atom. The van der Waals surface area contributed by atoms with Gasteiger partial charge in [-0.05, 0) is 18.3 Å². The molecule has 0 saturated carbocycles. The lowest BCUT2D eigenvalue weighted by Crippen LogP contribution is -2.29. The smallest absolute Gasteiger partial charge is 0.138 e. The van der Waals surface area contributed by atoms with Crippen molar-refractivity contribution in [3.8, 4) is 0 Å². The standard InChI is InChI=1S/C12H24N4/c1-5-6-16-11(14-9-15-16)7-10(13)8-12(2,3)4/h9-10H,5-8,13H2,1-4H3. The SMILES string of the molecule is CCCn1ncnc1CC(N)CC(C)(C)C. The summed E-state index contributed by atoms with van der Waals surface area (Å²) in [5, 5.41) is 4.21. The maximum absolute atomic E-state index is 6.13. The van der Waals surface area contributed by atoms with Crippen LogP contribution in [0.1, 0.15) is 46.4 Å². The summed E-state index contributed by atoms with van der Waals surface area (Å²) in [6, 6.07) is 0.166. The molecule has 0 saturated heterocycles.